The van der Waals surface area contributed by atoms with Gasteiger partial charge in [-0.2, -0.15) is 0 Å². The molecule has 1 heterocycles. The van der Waals surface area contributed by atoms with Crippen LogP contribution in [0.3, 0.4) is 0 Å². The van der Waals surface area contributed by atoms with E-state index in [2.05, 4.69) is 5.32 Å². The Morgan fingerprint density at radius 2 is 1.49 bits per heavy atom. The maximum absolute atomic E-state index is 13.2. The van der Waals surface area contributed by atoms with Crippen LogP contribution in [0.2, 0.25) is 0 Å². The van der Waals surface area contributed by atoms with Gasteiger partial charge in [-0.25, -0.2) is 4.90 Å². The number of ether oxygens (including phenoxy) is 1. The van der Waals surface area contributed by atoms with E-state index in [1.54, 1.807) is 48.5 Å². The number of anilines is 2. The summed E-state index contributed by atoms with van der Waals surface area (Å²) < 4.78 is 5.84. The third-order valence-corrected chi connectivity index (χ3v) is 6.58. The van der Waals surface area contributed by atoms with Crippen molar-refractivity contribution in [2.75, 3.05) is 10.2 Å². The largest absolute Gasteiger partial charge is 0.457 e. The zero-order valence-corrected chi connectivity index (χ0v) is 19.7. The molecular formula is C29H26N2O4. The maximum atomic E-state index is 13.2. The van der Waals surface area contributed by atoms with Gasteiger partial charge in [-0.1, -0.05) is 41.5 Å². The first-order valence-electron chi connectivity index (χ1n) is 11.7. The van der Waals surface area contributed by atoms with Crippen molar-refractivity contribution < 1.29 is 19.1 Å². The zero-order chi connectivity index (χ0) is 24.5. The van der Waals surface area contributed by atoms with Gasteiger partial charge in [0.05, 0.1) is 23.1 Å². The molecule has 1 saturated heterocycles. The fourth-order valence-electron chi connectivity index (χ4n) is 4.68. The highest BCUT2D eigenvalue weighted by atomic mass is 16.5. The van der Waals surface area contributed by atoms with E-state index in [4.69, 9.17) is 4.74 Å². The maximum Gasteiger partial charge on any atom is 0.257 e. The predicted octanol–water partition coefficient (Wildman–Crippen LogP) is 5.89. The van der Waals surface area contributed by atoms with Crippen LogP contribution in [0, 0.1) is 18.8 Å². The van der Waals surface area contributed by atoms with Gasteiger partial charge in [-0.05, 0) is 75.2 Å². The predicted molar refractivity (Wildman–Crippen MR) is 135 cm³/mol. The first-order valence-corrected chi connectivity index (χ1v) is 11.7. The molecule has 1 aliphatic carbocycles. The van der Waals surface area contributed by atoms with Gasteiger partial charge < -0.3 is 10.1 Å². The molecule has 0 unspecified atom stereocenters. The van der Waals surface area contributed by atoms with E-state index in [9.17, 15) is 14.4 Å². The van der Waals surface area contributed by atoms with Crippen LogP contribution in [0.15, 0.2) is 84.4 Å². The van der Waals surface area contributed by atoms with Crippen molar-refractivity contribution in [3.8, 4) is 11.5 Å². The Morgan fingerprint density at radius 1 is 0.857 bits per heavy atom. The second-order valence-electron chi connectivity index (χ2n) is 9.13. The quantitative estimate of drug-likeness (QED) is 0.376. The van der Waals surface area contributed by atoms with E-state index in [1.807, 2.05) is 44.2 Å². The lowest BCUT2D eigenvalue weighted by Crippen LogP contribution is -2.33. The number of hydrogen-bond donors (Lipinski definition) is 1. The van der Waals surface area contributed by atoms with Crippen LogP contribution in [0.25, 0.3) is 0 Å². The van der Waals surface area contributed by atoms with Gasteiger partial charge in [-0.15, -0.1) is 0 Å². The number of allylic oxidation sites excluding steroid dienone is 2. The lowest BCUT2D eigenvalue weighted by Gasteiger charge is -2.19. The Kier molecular flexibility index (Phi) is 5.95. The van der Waals surface area contributed by atoms with Gasteiger partial charge in [0, 0.05) is 5.69 Å². The molecule has 1 aliphatic heterocycles. The monoisotopic (exact) mass is 466 g/mol. The Bertz CT molecular complexity index is 1330. The van der Waals surface area contributed by atoms with Crippen LogP contribution >= 0.6 is 0 Å². The number of aryl methyl sites for hydroxylation is 1. The molecule has 3 aromatic carbocycles. The first kappa shape index (κ1) is 22.6. The van der Waals surface area contributed by atoms with Crippen molar-refractivity contribution >= 4 is 29.1 Å². The number of rotatable bonds is 5. The number of amides is 3. The molecule has 0 aromatic heterocycles. The Balaban J connectivity index is 1.33. The molecule has 35 heavy (non-hydrogen) atoms. The minimum Gasteiger partial charge on any atom is -0.457 e. The highest BCUT2D eigenvalue weighted by molar-refractivity contribution is 6.25. The number of para-hydroxylation sites is 1. The molecule has 1 N–H and O–H groups in total. The summed E-state index contributed by atoms with van der Waals surface area (Å²) in [5, 5.41) is 2.87. The van der Waals surface area contributed by atoms with E-state index in [0.29, 0.717) is 30.0 Å². The summed E-state index contributed by atoms with van der Waals surface area (Å²) in [6.45, 7) is 4.00. The van der Waals surface area contributed by atoms with Crippen LogP contribution in [0.4, 0.5) is 11.4 Å². The Morgan fingerprint density at radius 3 is 2.20 bits per heavy atom. The number of benzene rings is 3. The van der Waals surface area contributed by atoms with Crippen molar-refractivity contribution in [2.24, 2.45) is 11.8 Å². The van der Waals surface area contributed by atoms with Gasteiger partial charge in [0.1, 0.15) is 11.5 Å². The Hall–Kier alpha value is -4.19. The van der Waals surface area contributed by atoms with Crippen molar-refractivity contribution in [3.05, 3.63) is 95.6 Å². The van der Waals surface area contributed by atoms with Gasteiger partial charge >= 0.3 is 0 Å². The second-order valence-corrected chi connectivity index (χ2v) is 9.13. The van der Waals surface area contributed by atoms with Crippen molar-refractivity contribution in [3.63, 3.8) is 0 Å². The molecule has 3 amide bonds. The lowest BCUT2D eigenvalue weighted by molar-refractivity contribution is -0.122. The zero-order valence-electron chi connectivity index (χ0n) is 19.7. The highest BCUT2D eigenvalue weighted by Crippen LogP contribution is 2.40. The summed E-state index contributed by atoms with van der Waals surface area (Å²) >= 11 is 0. The van der Waals surface area contributed by atoms with E-state index in [0.717, 1.165) is 16.9 Å². The minimum absolute atomic E-state index is 0.231. The van der Waals surface area contributed by atoms with Crippen LogP contribution in [0.5, 0.6) is 11.5 Å². The van der Waals surface area contributed by atoms with E-state index >= 15 is 0 Å². The normalized spacial score (nSPS) is 19.3. The van der Waals surface area contributed by atoms with Gasteiger partial charge in [-0.3, -0.25) is 14.4 Å². The molecule has 2 aliphatic rings. The van der Waals surface area contributed by atoms with E-state index < -0.39 is 5.91 Å². The molecule has 6 heteroatoms. The lowest BCUT2D eigenvalue weighted by atomic mass is 9.82. The second kappa shape index (κ2) is 9.22. The molecular weight excluding hydrogens is 440 g/mol. The smallest absolute Gasteiger partial charge is 0.257 e. The minimum atomic E-state index is -0.391. The summed E-state index contributed by atoms with van der Waals surface area (Å²) in [6, 6.07) is 21.5. The summed E-state index contributed by atoms with van der Waals surface area (Å²) in [7, 11) is 0. The summed E-state index contributed by atoms with van der Waals surface area (Å²) in [4.78, 5) is 40.7. The number of carbonyl (C=O) groups excluding carboxylic acids is 3. The first-order chi connectivity index (χ1) is 16.9. The topological polar surface area (TPSA) is 75.7 Å². The molecule has 176 valence electrons. The number of nitrogens with one attached hydrogen (secondary N) is 1. The fraction of sp³-hybridized carbons (Fsp3) is 0.207. The molecule has 3 aromatic rings. The summed E-state index contributed by atoms with van der Waals surface area (Å²) in [5.74, 6) is -0.197. The van der Waals surface area contributed by atoms with Gasteiger partial charge in [0.15, 0.2) is 0 Å². The van der Waals surface area contributed by atoms with Gasteiger partial charge in [0.25, 0.3) is 5.91 Å². The molecule has 0 spiro atoms. The van der Waals surface area contributed by atoms with Crippen molar-refractivity contribution in [1.82, 2.24) is 0 Å². The number of hydrogen-bond acceptors (Lipinski definition) is 4. The van der Waals surface area contributed by atoms with Crippen molar-refractivity contribution in [1.29, 1.82) is 0 Å². The van der Waals surface area contributed by atoms with Crippen LogP contribution in [0.1, 0.15) is 35.7 Å². The van der Waals surface area contributed by atoms with E-state index in [1.165, 1.54) is 4.90 Å². The molecule has 5 rings (SSSR count). The summed E-state index contributed by atoms with van der Waals surface area (Å²) in [6.07, 6.45) is 3.17. The molecule has 1 fully saturated rings. The number of nitrogens with zero attached hydrogens (tertiary/aromatic N) is 1. The third-order valence-electron chi connectivity index (χ3n) is 6.58. The van der Waals surface area contributed by atoms with Crippen LogP contribution in [-0.2, 0) is 9.59 Å². The van der Waals surface area contributed by atoms with Crippen molar-refractivity contribution in [2.45, 2.75) is 26.7 Å². The molecule has 0 bridgehead atoms. The summed E-state index contributed by atoms with van der Waals surface area (Å²) in [5.41, 5.74) is 3.45. The van der Waals surface area contributed by atoms with E-state index in [-0.39, 0.29) is 29.2 Å². The SMILES string of the molecule is CC1=CC[C@H]2C(=O)N(c3ccccc3C(=O)Nc3ccc(Oc4ccc(C)cc4)cc3)C(=O)[C@H]2C1. The van der Waals surface area contributed by atoms with Crippen LogP contribution in [-0.4, -0.2) is 17.7 Å². The number of imide groups is 1. The average Bonchev–Trinajstić information content (AvgIpc) is 3.10. The Labute approximate surface area is 204 Å². The van der Waals surface area contributed by atoms with Crippen LogP contribution < -0.4 is 15.0 Å². The molecule has 2 atom stereocenters. The highest BCUT2D eigenvalue weighted by Gasteiger charge is 2.49. The van der Waals surface area contributed by atoms with Gasteiger partial charge in [0.2, 0.25) is 11.8 Å². The molecule has 6 nitrogen and oxygen atoms in total. The number of carbonyl (C=O) groups is 3. The average molecular weight is 467 g/mol. The molecule has 0 radical (unpaired) electrons. The number of fused-ring (bicyclic) bond motifs is 1. The molecule has 0 saturated carbocycles. The standard InChI is InChI=1S/C29H26N2O4/c1-18-7-12-21(13-8-18)35-22-14-10-20(11-15-22)30-27(32)24-5-3-4-6-26(24)31-28(33)23-16-9-19(2)17-25(23)29(31)34/h3-15,23,25H,16-17H2,1-2H3,(H,30,32)/t23-,25+/m1/s1. The fourth-order valence-corrected chi connectivity index (χ4v) is 4.68. The third kappa shape index (κ3) is 4.47.